The first kappa shape index (κ1) is 15.1. The third kappa shape index (κ3) is 5.04. The number of carbonyl (C=O) groups is 1. The fraction of sp³-hybridized carbons (Fsp3) is 0.400. The fourth-order valence-corrected chi connectivity index (χ4v) is 1.55. The molecule has 0 radical (unpaired) electrons. The van der Waals surface area contributed by atoms with Crippen molar-refractivity contribution in [2.75, 3.05) is 25.6 Å². The fourth-order valence-electron chi connectivity index (χ4n) is 1.55. The van der Waals surface area contributed by atoms with Crippen molar-refractivity contribution in [1.82, 2.24) is 0 Å². The average Bonchev–Trinajstić information content (AvgIpc) is 2.34. The van der Waals surface area contributed by atoms with Gasteiger partial charge in [0.25, 0.3) is 0 Å². The molecular formula is C15H21NO3. The summed E-state index contributed by atoms with van der Waals surface area (Å²) in [6.07, 6.45) is 1.22. The Kier molecular flexibility index (Phi) is 5.42. The third-order valence-electron chi connectivity index (χ3n) is 2.79. The van der Waals surface area contributed by atoms with E-state index in [9.17, 15) is 4.79 Å². The molecule has 1 rings (SSSR count). The van der Waals surface area contributed by atoms with Crippen LogP contribution in [0.5, 0.6) is 5.75 Å². The highest BCUT2D eigenvalue weighted by Crippen LogP contribution is 2.20. The number of rotatable bonds is 6. The van der Waals surface area contributed by atoms with E-state index in [1.807, 2.05) is 57.1 Å². The molecule has 0 bridgehead atoms. The van der Waals surface area contributed by atoms with Gasteiger partial charge in [0.2, 0.25) is 0 Å². The smallest absolute Gasteiger partial charge is 0.328 e. The van der Waals surface area contributed by atoms with Gasteiger partial charge in [-0.1, -0.05) is 19.9 Å². The first-order valence-electron chi connectivity index (χ1n) is 6.23. The highest BCUT2D eigenvalue weighted by atomic mass is 16.5. The molecule has 4 heteroatoms. The van der Waals surface area contributed by atoms with Crippen LogP contribution in [0.4, 0.5) is 5.69 Å². The second kappa shape index (κ2) is 6.83. The number of benzene rings is 1. The molecule has 0 aliphatic heterocycles. The molecule has 1 aromatic rings. The van der Waals surface area contributed by atoms with E-state index in [4.69, 9.17) is 9.84 Å². The van der Waals surface area contributed by atoms with E-state index in [0.717, 1.165) is 17.0 Å². The third-order valence-corrected chi connectivity index (χ3v) is 2.79. The first-order chi connectivity index (χ1) is 8.90. The Morgan fingerprint density at radius 1 is 1.42 bits per heavy atom. The maximum absolute atomic E-state index is 10.7. The topological polar surface area (TPSA) is 49.8 Å². The molecule has 1 N–H and O–H groups in total. The average molecular weight is 263 g/mol. The predicted octanol–water partition coefficient (Wildman–Crippen LogP) is 2.80. The number of anilines is 1. The summed E-state index contributed by atoms with van der Waals surface area (Å²) in [5.74, 6) is -0.0504. The molecule has 4 nitrogen and oxygen atoms in total. The van der Waals surface area contributed by atoms with Gasteiger partial charge in [-0.25, -0.2) is 4.79 Å². The standard InChI is InChI=1S/C15H21NO3/c1-11(2)12(8-15(17)18)10-19-14-7-5-6-13(9-14)16(3)4/h5-9,11H,10H2,1-4H3,(H,17,18)/b12-8-. The zero-order chi connectivity index (χ0) is 14.4. The summed E-state index contributed by atoms with van der Waals surface area (Å²) in [7, 11) is 3.92. The molecule has 0 heterocycles. The Hall–Kier alpha value is -1.97. The maximum Gasteiger partial charge on any atom is 0.328 e. The van der Waals surface area contributed by atoms with Gasteiger partial charge >= 0.3 is 5.97 Å². The molecule has 0 aromatic heterocycles. The molecule has 0 fully saturated rings. The maximum atomic E-state index is 10.7. The molecule has 0 aliphatic carbocycles. The van der Waals surface area contributed by atoms with Crippen molar-refractivity contribution in [3.05, 3.63) is 35.9 Å². The minimum Gasteiger partial charge on any atom is -0.489 e. The van der Waals surface area contributed by atoms with Crippen molar-refractivity contribution in [3.8, 4) is 5.75 Å². The van der Waals surface area contributed by atoms with Gasteiger partial charge in [-0.2, -0.15) is 0 Å². The summed E-state index contributed by atoms with van der Waals surface area (Å²) in [5, 5.41) is 8.81. The lowest BCUT2D eigenvalue weighted by atomic mass is 10.0. The highest BCUT2D eigenvalue weighted by Gasteiger charge is 2.07. The van der Waals surface area contributed by atoms with Gasteiger partial charge in [-0.3, -0.25) is 0 Å². The normalized spacial score (nSPS) is 11.5. The molecule has 0 saturated carbocycles. The van der Waals surface area contributed by atoms with Crippen LogP contribution in [0.2, 0.25) is 0 Å². The lowest BCUT2D eigenvalue weighted by Crippen LogP contribution is -2.10. The van der Waals surface area contributed by atoms with Crippen LogP contribution >= 0.6 is 0 Å². The largest absolute Gasteiger partial charge is 0.489 e. The molecule has 19 heavy (non-hydrogen) atoms. The van der Waals surface area contributed by atoms with E-state index in [-0.39, 0.29) is 5.92 Å². The Labute approximate surface area is 114 Å². The molecule has 0 unspecified atom stereocenters. The number of aliphatic carboxylic acids is 1. The summed E-state index contributed by atoms with van der Waals surface area (Å²) in [6.45, 7) is 4.20. The van der Waals surface area contributed by atoms with Crippen molar-refractivity contribution < 1.29 is 14.6 Å². The van der Waals surface area contributed by atoms with Crippen molar-refractivity contribution in [3.63, 3.8) is 0 Å². The second-order valence-corrected chi connectivity index (χ2v) is 4.89. The molecule has 0 saturated heterocycles. The van der Waals surface area contributed by atoms with Crippen molar-refractivity contribution >= 4 is 11.7 Å². The summed E-state index contributed by atoms with van der Waals surface area (Å²) in [4.78, 5) is 12.7. The number of hydrogen-bond donors (Lipinski definition) is 1. The Balaban J connectivity index is 2.74. The van der Waals surface area contributed by atoms with Crippen LogP contribution in [0.1, 0.15) is 13.8 Å². The zero-order valence-electron chi connectivity index (χ0n) is 11.9. The van der Waals surface area contributed by atoms with Gasteiger partial charge < -0.3 is 14.7 Å². The minimum atomic E-state index is -0.936. The van der Waals surface area contributed by atoms with Crippen LogP contribution in [-0.4, -0.2) is 31.8 Å². The molecule has 1 aromatic carbocycles. The van der Waals surface area contributed by atoms with Crippen LogP contribution in [-0.2, 0) is 4.79 Å². The van der Waals surface area contributed by atoms with Gasteiger partial charge in [0.1, 0.15) is 12.4 Å². The second-order valence-electron chi connectivity index (χ2n) is 4.89. The van der Waals surface area contributed by atoms with Gasteiger partial charge in [0, 0.05) is 31.9 Å². The Morgan fingerprint density at radius 2 is 2.11 bits per heavy atom. The van der Waals surface area contributed by atoms with E-state index in [1.54, 1.807) is 0 Å². The van der Waals surface area contributed by atoms with Crippen molar-refractivity contribution in [1.29, 1.82) is 0 Å². The molecule has 0 aliphatic rings. The molecule has 0 spiro atoms. The van der Waals surface area contributed by atoms with Crippen molar-refractivity contribution in [2.24, 2.45) is 5.92 Å². The predicted molar refractivity (Wildman–Crippen MR) is 76.8 cm³/mol. The quantitative estimate of drug-likeness (QED) is 0.802. The minimum absolute atomic E-state index is 0.146. The lowest BCUT2D eigenvalue weighted by Gasteiger charge is -2.16. The Morgan fingerprint density at radius 3 is 2.63 bits per heavy atom. The van der Waals surface area contributed by atoms with Crippen LogP contribution < -0.4 is 9.64 Å². The Bertz CT molecular complexity index is 464. The van der Waals surface area contributed by atoms with Gasteiger partial charge in [0.05, 0.1) is 0 Å². The molecular weight excluding hydrogens is 242 g/mol. The zero-order valence-corrected chi connectivity index (χ0v) is 11.9. The van der Waals surface area contributed by atoms with Crippen LogP contribution in [0.25, 0.3) is 0 Å². The number of carboxylic acid groups (broad SMARTS) is 1. The monoisotopic (exact) mass is 263 g/mol. The van der Waals surface area contributed by atoms with Crippen LogP contribution in [0.3, 0.4) is 0 Å². The van der Waals surface area contributed by atoms with Gasteiger partial charge in [-0.05, 0) is 23.6 Å². The summed E-state index contributed by atoms with van der Waals surface area (Å²) in [6, 6.07) is 7.70. The summed E-state index contributed by atoms with van der Waals surface area (Å²) < 4.78 is 5.66. The first-order valence-corrected chi connectivity index (χ1v) is 6.23. The van der Waals surface area contributed by atoms with Crippen LogP contribution in [0, 0.1) is 5.92 Å². The van der Waals surface area contributed by atoms with E-state index < -0.39 is 5.97 Å². The highest BCUT2D eigenvalue weighted by molar-refractivity contribution is 5.80. The van der Waals surface area contributed by atoms with E-state index in [1.165, 1.54) is 6.08 Å². The molecule has 0 atom stereocenters. The van der Waals surface area contributed by atoms with Crippen LogP contribution in [0.15, 0.2) is 35.9 Å². The molecule has 0 amide bonds. The number of hydrogen-bond acceptors (Lipinski definition) is 3. The number of nitrogens with zero attached hydrogens (tertiary/aromatic N) is 1. The number of ether oxygens (including phenoxy) is 1. The number of carboxylic acids is 1. The van der Waals surface area contributed by atoms with Crippen molar-refractivity contribution in [2.45, 2.75) is 13.8 Å². The lowest BCUT2D eigenvalue weighted by molar-refractivity contribution is -0.131. The van der Waals surface area contributed by atoms with E-state index in [2.05, 4.69) is 0 Å². The summed E-state index contributed by atoms with van der Waals surface area (Å²) >= 11 is 0. The van der Waals surface area contributed by atoms with E-state index in [0.29, 0.717) is 6.61 Å². The van der Waals surface area contributed by atoms with Gasteiger partial charge in [-0.15, -0.1) is 0 Å². The molecule has 104 valence electrons. The van der Waals surface area contributed by atoms with Gasteiger partial charge in [0.15, 0.2) is 0 Å². The SMILES string of the molecule is CC(C)/C(=C\C(=O)O)COc1cccc(N(C)C)c1. The van der Waals surface area contributed by atoms with E-state index >= 15 is 0 Å². The summed E-state index contributed by atoms with van der Waals surface area (Å²) in [5.41, 5.74) is 1.81.